The number of rotatable bonds is 3. The van der Waals surface area contributed by atoms with Gasteiger partial charge in [-0.2, -0.15) is 0 Å². The summed E-state index contributed by atoms with van der Waals surface area (Å²) in [6.45, 7) is 5.49. The average molecular weight is 382 g/mol. The molecule has 0 radical (unpaired) electrons. The van der Waals surface area contributed by atoms with Crippen LogP contribution in [0.25, 0.3) is 11.6 Å². The van der Waals surface area contributed by atoms with E-state index in [2.05, 4.69) is 20.9 Å². The van der Waals surface area contributed by atoms with Crippen molar-refractivity contribution < 1.29 is 14.0 Å². The fourth-order valence-corrected chi connectivity index (χ4v) is 3.86. The van der Waals surface area contributed by atoms with E-state index in [9.17, 15) is 14.0 Å². The molecule has 2 aromatic rings. The first-order valence-corrected chi connectivity index (χ1v) is 9.47. The highest BCUT2D eigenvalue weighted by Crippen LogP contribution is 2.35. The summed E-state index contributed by atoms with van der Waals surface area (Å²) in [5, 5.41) is 9.05. The van der Waals surface area contributed by atoms with Gasteiger partial charge in [-0.15, -0.1) is 0 Å². The SMILES string of the molecule is Cc1[nH]c(/C=C2\C(=O)Nc3ccc(F)cc32)c(C)c1NC(=O)C1CCNCC1. The molecule has 4 rings (SSSR count). The molecule has 28 heavy (non-hydrogen) atoms. The van der Waals surface area contributed by atoms with E-state index in [1.165, 1.54) is 12.1 Å². The molecule has 0 unspecified atom stereocenters. The normalized spacial score (nSPS) is 18.2. The van der Waals surface area contributed by atoms with Gasteiger partial charge in [0.25, 0.3) is 5.91 Å². The zero-order valence-corrected chi connectivity index (χ0v) is 15.9. The molecule has 0 aliphatic carbocycles. The summed E-state index contributed by atoms with van der Waals surface area (Å²) >= 11 is 0. The Kier molecular flexibility index (Phi) is 4.77. The van der Waals surface area contributed by atoms with E-state index >= 15 is 0 Å². The van der Waals surface area contributed by atoms with E-state index in [1.807, 2.05) is 13.8 Å². The van der Waals surface area contributed by atoms with Gasteiger partial charge in [-0.25, -0.2) is 4.39 Å². The van der Waals surface area contributed by atoms with Crippen molar-refractivity contribution in [2.75, 3.05) is 23.7 Å². The van der Waals surface area contributed by atoms with Gasteiger partial charge < -0.3 is 20.9 Å². The van der Waals surface area contributed by atoms with Crippen LogP contribution in [0.4, 0.5) is 15.8 Å². The van der Waals surface area contributed by atoms with E-state index in [0.29, 0.717) is 16.8 Å². The fourth-order valence-electron chi connectivity index (χ4n) is 3.86. The monoisotopic (exact) mass is 382 g/mol. The molecule has 0 saturated carbocycles. The molecular weight excluding hydrogens is 359 g/mol. The molecule has 2 aliphatic rings. The van der Waals surface area contributed by atoms with Crippen molar-refractivity contribution in [3.05, 3.63) is 46.5 Å². The maximum Gasteiger partial charge on any atom is 0.256 e. The number of aromatic amines is 1. The van der Waals surface area contributed by atoms with Gasteiger partial charge >= 0.3 is 0 Å². The minimum Gasteiger partial charge on any atom is -0.357 e. The van der Waals surface area contributed by atoms with Crippen molar-refractivity contribution in [1.29, 1.82) is 0 Å². The number of carbonyl (C=O) groups excluding carboxylic acids is 2. The first kappa shape index (κ1) is 18.4. The summed E-state index contributed by atoms with van der Waals surface area (Å²) in [5.74, 6) is -0.632. The second kappa shape index (κ2) is 7.24. The molecule has 0 spiro atoms. The lowest BCUT2D eigenvalue weighted by atomic mass is 9.97. The molecule has 1 saturated heterocycles. The number of fused-ring (bicyclic) bond motifs is 1. The van der Waals surface area contributed by atoms with Crippen LogP contribution in [0.5, 0.6) is 0 Å². The lowest BCUT2D eigenvalue weighted by Gasteiger charge is -2.22. The predicted octanol–water partition coefficient (Wildman–Crippen LogP) is 3.20. The molecule has 6 nitrogen and oxygen atoms in total. The van der Waals surface area contributed by atoms with Crippen LogP contribution in [0, 0.1) is 25.6 Å². The zero-order valence-electron chi connectivity index (χ0n) is 15.9. The van der Waals surface area contributed by atoms with Crippen molar-refractivity contribution >= 4 is 34.8 Å². The Morgan fingerprint density at radius 3 is 2.75 bits per heavy atom. The lowest BCUT2D eigenvalue weighted by Crippen LogP contribution is -2.34. The van der Waals surface area contributed by atoms with Gasteiger partial charge in [-0.1, -0.05) is 0 Å². The number of halogens is 1. The quantitative estimate of drug-likeness (QED) is 0.615. The summed E-state index contributed by atoms with van der Waals surface area (Å²) in [6, 6.07) is 4.23. The van der Waals surface area contributed by atoms with Gasteiger partial charge in [0.1, 0.15) is 5.82 Å². The van der Waals surface area contributed by atoms with E-state index < -0.39 is 5.82 Å². The maximum atomic E-state index is 13.6. The molecule has 3 heterocycles. The lowest BCUT2D eigenvalue weighted by molar-refractivity contribution is -0.120. The second-order valence-electron chi connectivity index (χ2n) is 7.38. The van der Waals surface area contributed by atoms with Crippen LogP contribution in [0.3, 0.4) is 0 Å². The van der Waals surface area contributed by atoms with E-state index in [4.69, 9.17) is 0 Å². The van der Waals surface area contributed by atoms with Crippen LogP contribution in [-0.2, 0) is 9.59 Å². The summed E-state index contributed by atoms with van der Waals surface area (Å²) < 4.78 is 13.6. The van der Waals surface area contributed by atoms with Gasteiger partial charge in [0, 0.05) is 28.6 Å². The van der Waals surface area contributed by atoms with Crippen molar-refractivity contribution in [2.45, 2.75) is 26.7 Å². The van der Waals surface area contributed by atoms with Crippen LogP contribution < -0.4 is 16.0 Å². The third kappa shape index (κ3) is 3.33. The molecule has 0 atom stereocenters. The summed E-state index contributed by atoms with van der Waals surface area (Å²) in [4.78, 5) is 28.2. The van der Waals surface area contributed by atoms with Crippen molar-refractivity contribution in [3.8, 4) is 0 Å². The Balaban J connectivity index is 1.63. The summed E-state index contributed by atoms with van der Waals surface area (Å²) in [5.41, 5.74) is 4.67. The third-order valence-corrected chi connectivity index (χ3v) is 5.49. The number of nitrogens with one attached hydrogen (secondary N) is 4. The van der Waals surface area contributed by atoms with Crippen molar-refractivity contribution in [1.82, 2.24) is 10.3 Å². The van der Waals surface area contributed by atoms with Crippen LogP contribution in [0.1, 0.15) is 35.4 Å². The Bertz CT molecular complexity index is 987. The number of anilines is 2. The van der Waals surface area contributed by atoms with Crippen molar-refractivity contribution in [2.24, 2.45) is 5.92 Å². The molecule has 1 fully saturated rings. The number of H-pyrrole nitrogens is 1. The van der Waals surface area contributed by atoms with Gasteiger partial charge in [-0.05, 0) is 69.6 Å². The molecule has 1 aromatic heterocycles. The molecule has 2 amide bonds. The van der Waals surface area contributed by atoms with E-state index in [0.717, 1.165) is 48.6 Å². The highest BCUT2D eigenvalue weighted by molar-refractivity contribution is 6.34. The highest BCUT2D eigenvalue weighted by Gasteiger charge is 2.26. The number of carbonyl (C=O) groups is 2. The first-order chi connectivity index (χ1) is 13.4. The van der Waals surface area contributed by atoms with Crippen LogP contribution in [0.15, 0.2) is 18.2 Å². The molecule has 7 heteroatoms. The van der Waals surface area contributed by atoms with Gasteiger partial charge in [0.15, 0.2) is 0 Å². The number of amides is 2. The van der Waals surface area contributed by atoms with Crippen LogP contribution in [-0.4, -0.2) is 29.9 Å². The standard InChI is InChI=1S/C21H23FN4O2/c1-11-18(10-16-15-9-14(22)3-4-17(15)25-21(16)28)24-12(2)19(11)26-20(27)13-5-7-23-8-6-13/h3-4,9-10,13,23-24H,5-8H2,1-2H3,(H,25,28)(H,26,27)/b16-10-. The number of hydrogen-bond acceptors (Lipinski definition) is 3. The Morgan fingerprint density at radius 1 is 1.25 bits per heavy atom. The highest BCUT2D eigenvalue weighted by atomic mass is 19.1. The summed E-state index contributed by atoms with van der Waals surface area (Å²) in [6.07, 6.45) is 3.37. The molecule has 146 valence electrons. The minimum atomic E-state index is -0.393. The largest absolute Gasteiger partial charge is 0.357 e. The molecule has 0 bridgehead atoms. The fraction of sp³-hybridized carbons (Fsp3) is 0.333. The smallest absolute Gasteiger partial charge is 0.256 e. The third-order valence-electron chi connectivity index (χ3n) is 5.49. The topological polar surface area (TPSA) is 86.0 Å². The number of aryl methyl sites for hydroxylation is 1. The summed E-state index contributed by atoms with van der Waals surface area (Å²) in [7, 11) is 0. The molecule has 4 N–H and O–H groups in total. The Morgan fingerprint density at radius 2 is 2.00 bits per heavy atom. The number of piperidine rings is 1. The Labute approximate surface area is 162 Å². The average Bonchev–Trinajstić information content (AvgIpc) is 3.13. The zero-order chi connectivity index (χ0) is 19.8. The van der Waals surface area contributed by atoms with Gasteiger partial charge in [0.2, 0.25) is 5.91 Å². The molecule has 2 aliphatic heterocycles. The van der Waals surface area contributed by atoms with Crippen molar-refractivity contribution in [3.63, 3.8) is 0 Å². The van der Waals surface area contributed by atoms with Gasteiger partial charge in [-0.3, -0.25) is 9.59 Å². The first-order valence-electron chi connectivity index (χ1n) is 9.47. The van der Waals surface area contributed by atoms with Gasteiger partial charge in [0.05, 0.1) is 11.3 Å². The van der Waals surface area contributed by atoms with Crippen LogP contribution >= 0.6 is 0 Å². The number of benzene rings is 1. The molecular formula is C21H23FN4O2. The Hall–Kier alpha value is -2.93. The second-order valence-corrected chi connectivity index (χ2v) is 7.38. The number of hydrogen-bond donors (Lipinski definition) is 4. The molecule has 1 aromatic carbocycles. The minimum absolute atomic E-state index is 0.00668. The van der Waals surface area contributed by atoms with E-state index in [1.54, 1.807) is 12.1 Å². The number of aromatic nitrogens is 1. The van der Waals surface area contributed by atoms with Crippen LogP contribution in [0.2, 0.25) is 0 Å². The predicted molar refractivity (Wildman–Crippen MR) is 107 cm³/mol. The van der Waals surface area contributed by atoms with E-state index in [-0.39, 0.29) is 17.7 Å². The maximum absolute atomic E-state index is 13.6.